The first-order chi connectivity index (χ1) is 10.8. The number of hydrogen-bond acceptors (Lipinski definition) is 5. The highest BCUT2D eigenvalue weighted by Gasteiger charge is 2.27. The van der Waals surface area contributed by atoms with E-state index in [1.807, 2.05) is 20.8 Å². The summed E-state index contributed by atoms with van der Waals surface area (Å²) in [7, 11) is 0. The lowest BCUT2D eigenvalue weighted by Gasteiger charge is -2.32. The highest BCUT2D eigenvalue weighted by Crippen LogP contribution is 2.17. The number of nitrogens with zero attached hydrogens (tertiary/aromatic N) is 2. The molecule has 0 aromatic carbocycles. The third-order valence-electron chi connectivity index (χ3n) is 3.36. The quantitative estimate of drug-likeness (QED) is 0.358. The molecule has 7 heteroatoms. The smallest absolute Gasteiger partial charge is 0.410 e. The van der Waals surface area contributed by atoms with Gasteiger partial charge in [0.1, 0.15) is 17.7 Å². The number of amides is 1. The number of carbonyl (C=O) groups is 2. The van der Waals surface area contributed by atoms with E-state index in [1.165, 1.54) is 0 Å². The number of allylic oxidation sites excluding steroid dienone is 1. The fourth-order valence-corrected chi connectivity index (χ4v) is 2.28. The summed E-state index contributed by atoms with van der Waals surface area (Å²) in [5.74, 6) is 0.322. The summed E-state index contributed by atoms with van der Waals surface area (Å²) in [5.41, 5.74) is 2.23. The minimum absolute atomic E-state index is 0.120. The van der Waals surface area contributed by atoms with Gasteiger partial charge in [0, 0.05) is 19.5 Å². The molecule has 1 saturated heterocycles. The van der Waals surface area contributed by atoms with Gasteiger partial charge in [-0.2, -0.15) is 0 Å². The number of carbonyl (C=O) groups excluding carboxylic acids is 2. The Balaban J connectivity index is 2.75. The first-order valence-corrected chi connectivity index (χ1v) is 7.83. The fourth-order valence-electron chi connectivity index (χ4n) is 2.28. The molecule has 2 N–H and O–H groups in total. The van der Waals surface area contributed by atoms with Crippen molar-refractivity contribution in [2.75, 3.05) is 13.1 Å². The van der Waals surface area contributed by atoms with Crippen molar-refractivity contribution in [3.63, 3.8) is 0 Å². The van der Waals surface area contributed by atoms with Crippen molar-refractivity contribution in [3.8, 4) is 0 Å². The van der Waals surface area contributed by atoms with Crippen LogP contribution in [0.2, 0.25) is 0 Å². The lowest BCUT2D eigenvalue weighted by atomic mass is 10.1. The number of hydrogen-bond donors (Lipinski definition) is 2. The molecule has 0 bridgehead atoms. The maximum Gasteiger partial charge on any atom is 0.410 e. The Hall–Kier alpha value is -1.89. The zero-order valence-electron chi connectivity index (χ0n) is 14.3. The third-order valence-corrected chi connectivity index (χ3v) is 3.36. The summed E-state index contributed by atoms with van der Waals surface area (Å²) in [6.45, 7) is 8.35. The standard InChI is InChI=1S/C16H27N3O4/c1-12(7-6-10-20)14(18-22)17-13-8-5-9-19(11-13)15(21)23-16(2,3)4/h7,10,13,22H,5-6,8-9,11H2,1-4H3,(H,17,18)/b12-7-. The number of nitrogens with one attached hydrogen (secondary N) is 1. The minimum Gasteiger partial charge on any atom is -0.444 e. The van der Waals surface area contributed by atoms with Gasteiger partial charge in [-0.3, -0.25) is 15.7 Å². The molecule has 1 atom stereocenters. The first kappa shape index (κ1) is 19.2. The van der Waals surface area contributed by atoms with Crippen molar-refractivity contribution >= 4 is 18.2 Å². The van der Waals surface area contributed by atoms with E-state index < -0.39 is 5.60 Å². The van der Waals surface area contributed by atoms with E-state index in [0.29, 0.717) is 24.5 Å². The van der Waals surface area contributed by atoms with E-state index in [9.17, 15) is 14.8 Å². The molecule has 23 heavy (non-hydrogen) atoms. The molecule has 0 aromatic heterocycles. The van der Waals surface area contributed by atoms with Crippen LogP contribution in [-0.2, 0) is 9.53 Å². The number of hydroxylamine groups is 1. The van der Waals surface area contributed by atoms with Gasteiger partial charge >= 0.3 is 6.09 Å². The topological polar surface area (TPSA) is 91.2 Å². The Labute approximate surface area is 137 Å². The van der Waals surface area contributed by atoms with Crippen LogP contribution in [0.3, 0.4) is 0 Å². The number of aldehydes is 1. The molecule has 1 rings (SSSR count). The molecule has 130 valence electrons. The van der Waals surface area contributed by atoms with Crippen LogP contribution < -0.4 is 5.48 Å². The van der Waals surface area contributed by atoms with E-state index in [-0.39, 0.29) is 18.6 Å². The molecule has 1 unspecified atom stereocenters. The number of piperidine rings is 1. The molecular weight excluding hydrogens is 298 g/mol. The van der Waals surface area contributed by atoms with E-state index >= 15 is 0 Å². The molecule has 0 radical (unpaired) electrons. The lowest BCUT2D eigenvalue weighted by Crippen LogP contribution is -2.44. The minimum atomic E-state index is -0.529. The van der Waals surface area contributed by atoms with Crippen molar-refractivity contribution in [1.29, 1.82) is 0 Å². The van der Waals surface area contributed by atoms with Gasteiger partial charge in [0.2, 0.25) is 0 Å². The van der Waals surface area contributed by atoms with Gasteiger partial charge in [-0.15, -0.1) is 0 Å². The molecular formula is C16H27N3O4. The number of amidine groups is 1. The highest BCUT2D eigenvalue weighted by atomic mass is 16.6. The zero-order chi connectivity index (χ0) is 17.5. The first-order valence-electron chi connectivity index (χ1n) is 7.83. The second-order valence-corrected chi connectivity index (χ2v) is 6.60. The van der Waals surface area contributed by atoms with Gasteiger partial charge in [-0.05, 0) is 46.1 Å². The van der Waals surface area contributed by atoms with Crippen LogP contribution in [0, 0.1) is 0 Å². The van der Waals surface area contributed by atoms with Crippen molar-refractivity contribution < 1.29 is 19.5 Å². The summed E-state index contributed by atoms with van der Waals surface area (Å²) < 4.78 is 5.38. The largest absolute Gasteiger partial charge is 0.444 e. The molecule has 0 spiro atoms. The molecule has 1 heterocycles. The molecule has 7 nitrogen and oxygen atoms in total. The maximum atomic E-state index is 12.1. The summed E-state index contributed by atoms with van der Waals surface area (Å²) in [5, 5.41) is 9.24. The van der Waals surface area contributed by atoms with Crippen LogP contribution in [0.1, 0.15) is 47.0 Å². The summed E-state index contributed by atoms with van der Waals surface area (Å²) in [6.07, 6.45) is 4.03. The van der Waals surface area contributed by atoms with Crippen molar-refractivity contribution in [2.24, 2.45) is 4.99 Å². The predicted molar refractivity (Wildman–Crippen MR) is 87.6 cm³/mol. The average Bonchev–Trinajstić information content (AvgIpc) is 2.48. The predicted octanol–water partition coefficient (Wildman–Crippen LogP) is 2.30. The highest BCUT2D eigenvalue weighted by molar-refractivity contribution is 5.97. The Kier molecular flexibility index (Phi) is 7.22. The number of aliphatic imine (C=N–C) groups is 1. The molecule has 0 aliphatic carbocycles. The normalized spacial score (nSPS) is 20.2. The Bertz CT molecular complexity index is 480. The number of rotatable bonds is 4. The second-order valence-electron chi connectivity index (χ2n) is 6.60. The van der Waals surface area contributed by atoms with Crippen LogP contribution >= 0.6 is 0 Å². The van der Waals surface area contributed by atoms with Crippen LogP contribution in [0.15, 0.2) is 16.6 Å². The van der Waals surface area contributed by atoms with Gasteiger partial charge in [0.25, 0.3) is 0 Å². The lowest BCUT2D eigenvalue weighted by molar-refractivity contribution is -0.107. The van der Waals surface area contributed by atoms with E-state index in [4.69, 9.17) is 4.74 Å². The van der Waals surface area contributed by atoms with Gasteiger partial charge in [-0.1, -0.05) is 6.08 Å². The monoisotopic (exact) mass is 325 g/mol. The fraction of sp³-hybridized carbons (Fsp3) is 0.688. The number of ether oxygens (including phenoxy) is 1. The van der Waals surface area contributed by atoms with E-state index in [0.717, 1.165) is 19.1 Å². The Morgan fingerprint density at radius 2 is 2.17 bits per heavy atom. The van der Waals surface area contributed by atoms with E-state index in [2.05, 4.69) is 10.5 Å². The SMILES string of the molecule is C/C(=C/CC=O)C(=NC1CCCN(C(=O)OC(C)(C)C)C1)NO. The summed E-state index contributed by atoms with van der Waals surface area (Å²) in [4.78, 5) is 28.6. The van der Waals surface area contributed by atoms with Crippen LogP contribution in [0.5, 0.6) is 0 Å². The molecule has 0 saturated carbocycles. The Morgan fingerprint density at radius 1 is 1.48 bits per heavy atom. The summed E-state index contributed by atoms with van der Waals surface area (Å²) >= 11 is 0. The third kappa shape index (κ3) is 6.81. The van der Waals surface area contributed by atoms with Gasteiger partial charge in [0.15, 0.2) is 0 Å². The van der Waals surface area contributed by atoms with Crippen molar-refractivity contribution in [3.05, 3.63) is 11.6 Å². The van der Waals surface area contributed by atoms with Crippen LogP contribution in [0.25, 0.3) is 0 Å². The Morgan fingerprint density at radius 3 is 2.74 bits per heavy atom. The van der Waals surface area contributed by atoms with Crippen molar-refractivity contribution in [2.45, 2.75) is 58.6 Å². The molecule has 0 aromatic rings. The van der Waals surface area contributed by atoms with Crippen LogP contribution in [-0.4, -0.2) is 53.1 Å². The zero-order valence-corrected chi connectivity index (χ0v) is 14.3. The van der Waals surface area contributed by atoms with E-state index in [1.54, 1.807) is 17.9 Å². The molecule has 1 aliphatic rings. The van der Waals surface area contributed by atoms with Gasteiger partial charge < -0.3 is 14.4 Å². The second kappa shape index (κ2) is 8.67. The molecule has 1 fully saturated rings. The van der Waals surface area contributed by atoms with Gasteiger partial charge in [-0.25, -0.2) is 4.79 Å². The molecule has 1 amide bonds. The van der Waals surface area contributed by atoms with Crippen molar-refractivity contribution in [1.82, 2.24) is 10.4 Å². The van der Waals surface area contributed by atoms with Crippen LogP contribution in [0.4, 0.5) is 4.79 Å². The summed E-state index contributed by atoms with van der Waals surface area (Å²) in [6, 6.07) is -0.120. The average molecular weight is 325 g/mol. The molecule has 1 aliphatic heterocycles. The number of likely N-dealkylation sites (tertiary alicyclic amines) is 1. The maximum absolute atomic E-state index is 12.1. The van der Waals surface area contributed by atoms with Gasteiger partial charge in [0.05, 0.1) is 6.04 Å².